The molecular weight excluding hydrogens is 476 g/mol. The molecule has 0 aliphatic rings. The number of nitrogens with two attached hydrogens (primary N) is 2. The Kier molecular flexibility index (Phi) is 9.50. The number of amides is 4. The van der Waals surface area contributed by atoms with Crippen LogP contribution in [0, 0.1) is 0 Å². The minimum Gasteiger partial charge on any atom is -0.481 e. The molecule has 0 aliphatic heterocycles. The number of nitrogens with one attached hydrogen (secondary N) is 4. The highest BCUT2D eigenvalue weighted by molar-refractivity contribution is 5.96. The number of carbonyl (C=O) groups excluding carboxylic acids is 4. The van der Waals surface area contributed by atoms with Gasteiger partial charge in [0.05, 0.1) is 18.9 Å². The van der Waals surface area contributed by atoms with E-state index in [9.17, 15) is 28.8 Å². The van der Waals surface area contributed by atoms with Crippen LogP contribution in [0.5, 0.6) is 0 Å². The van der Waals surface area contributed by atoms with Crippen molar-refractivity contribution in [2.24, 2.45) is 11.5 Å². The van der Waals surface area contributed by atoms with Crippen molar-refractivity contribution in [1.29, 1.82) is 0 Å². The van der Waals surface area contributed by atoms with Crippen molar-refractivity contribution in [2.45, 2.75) is 50.4 Å². The van der Waals surface area contributed by atoms with Gasteiger partial charge in [-0.2, -0.15) is 0 Å². The van der Waals surface area contributed by atoms with Crippen LogP contribution in [-0.2, 0) is 35.2 Å². The lowest BCUT2D eigenvalue weighted by molar-refractivity contribution is -0.147. The summed E-state index contributed by atoms with van der Waals surface area (Å²) < 4.78 is 0. The van der Waals surface area contributed by atoms with Crippen molar-refractivity contribution in [1.82, 2.24) is 20.9 Å². The number of hydrogen-bond acceptors (Lipinski definition) is 7. The van der Waals surface area contributed by atoms with Crippen LogP contribution in [-0.4, -0.2) is 74.9 Å². The molecule has 2 rings (SSSR count). The molecule has 194 valence electrons. The van der Waals surface area contributed by atoms with Gasteiger partial charge in [-0.05, 0) is 25.0 Å². The van der Waals surface area contributed by atoms with E-state index in [1.54, 1.807) is 6.20 Å². The zero-order chi connectivity index (χ0) is 27.0. The Morgan fingerprint density at radius 3 is 2.17 bits per heavy atom. The fourth-order valence-electron chi connectivity index (χ4n) is 3.37. The quantitative estimate of drug-likeness (QED) is 0.149. The molecule has 0 saturated carbocycles. The van der Waals surface area contributed by atoms with Crippen LogP contribution in [0.3, 0.4) is 0 Å². The molecular formula is C22H28N6O8. The van der Waals surface area contributed by atoms with Gasteiger partial charge in [-0.1, -0.05) is 18.2 Å². The Morgan fingerprint density at radius 2 is 1.56 bits per heavy atom. The first-order chi connectivity index (χ1) is 16.9. The molecule has 1 aromatic heterocycles. The predicted molar refractivity (Wildman–Crippen MR) is 125 cm³/mol. The molecule has 4 atom stereocenters. The van der Waals surface area contributed by atoms with Gasteiger partial charge in [0, 0.05) is 17.1 Å². The van der Waals surface area contributed by atoms with E-state index >= 15 is 0 Å². The van der Waals surface area contributed by atoms with E-state index in [1.165, 1.54) is 6.92 Å². The molecule has 0 radical (unpaired) electrons. The van der Waals surface area contributed by atoms with E-state index in [2.05, 4.69) is 15.6 Å². The van der Waals surface area contributed by atoms with Crippen LogP contribution >= 0.6 is 0 Å². The SMILES string of the molecule is CC(NC(=O)C(CC(N)=O)NC(=O)C(N)Cc1c[nH]c2ccccc12)C(=O)NC(CC(=O)O)C(=O)O. The Labute approximate surface area is 204 Å². The van der Waals surface area contributed by atoms with Gasteiger partial charge in [0.1, 0.15) is 18.1 Å². The van der Waals surface area contributed by atoms with Gasteiger partial charge in [0.25, 0.3) is 0 Å². The summed E-state index contributed by atoms with van der Waals surface area (Å²) in [6.45, 7) is 1.21. The number of hydrogen-bond donors (Lipinski definition) is 8. The summed E-state index contributed by atoms with van der Waals surface area (Å²) >= 11 is 0. The Bertz CT molecular complexity index is 1160. The third-order valence-electron chi connectivity index (χ3n) is 5.24. The van der Waals surface area contributed by atoms with Gasteiger partial charge in [-0.25, -0.2) is 4.79 Å². The number of carboxylic acid groups (broad SMARTS) is 2. The van der Waals surface area contributed by atoms with Crippen LogP contribution < -0.4 is 27.4 Å². The Balaban J connectivity index is 2.03. The van der Waals surface area contributed by atoms with Crippen molar-refractivity contribution in [3.05, 3.63) is 36.0 Å². The van der Waals surface area contributed by atoms with Gasteiger partial charge in [-0.15, -0.1) is 0 Å². The second kappa shape index (κ2) is 12.3. The molecule has 0 fully saturated rings. The van der Waals surface area contributed by atoms with Crippen LogP contribution in [0.25, 0.3) is 10.9 Å². The second-order valence-corrected chi connectivity index (χ2v) is 8.13. The number of rotatable bonds is 13. The van der Waals surface area contributed by atoms with Gasteiger partial charge in [-0.3, -0.25) is 24.0 Å². The fourth-order valence-corrected chi connectivity index (χ4v) is 3.37. The molecule has 2 aromatic rings. The molecule has 14 heteroatoms. The van der Waals surface area contributed by atoms with Gasteiger partial charge < -0.3 is 42.6 Å². The molecule has 1 aromatic carbocycles. The molecule has 0 saturated heterocycles. The lowest BCUT2D eigenvalue weighted by Crippen LogP contribution is -2.57. The maximum atomic E-state index is 12.7. The van der Waals surface area contributed by atoms with Crippen LogP contribution in [0.2, 0.25) is 0 Å². The summed E-state index contributed by atoms with van der Waals surface area (Å²) in [6, 6.07) is 1.78. The predicted octanol–water partition coefficient (Wildman–Crippen LogP) is -2.05. The van der Waals surface area contributed by atoms with E-state index in [-0.39, 0.29) is 6.42 Å². The zero-order valence-corrected chi connectivity index (χ0v) is 19.3. The zero-order valence-electron chi connectivity index (χ0n) is 19.3. The first-order valence-corrected chi connectivity index (χ1v) is 10.8. The number of carbonyl (C=O) groups is 6. The number of aromatic nitrogens is 1. The largest absolute Gasteiger partial charge is 0.481 e. The minimum absolute atomic E-state index is 0.125. The highest BCUT2D eigenvalue weighted by atomic mass is 16.4. The lowest BCUT2D eigenvalue weighted by Gasteiger charge is -2.22. The van der Waals surface area contributed by atoms with Crippen LogP contribution in [0.15, 0.2) is 30.5 Å². The van der Waals surface area contributed by atoms with Gasteiger partial charge in [0.2, 0.25) is 23.6 Å². The molecule has 14 nitrogen and oxygen atoms in total. The van der Waals surface area contributed by atoms with Crippen LogP contribution in [0.1, 0.15) is 25.3 Å². The number of benzene rings is 1. The van der Waals surface area contributed by atoms with Gasteiger partial charge in [0.15, 0.2) is 0 Å². The summed E-state index contributed by atoms with van der Waals surface area (Å²) in [5, 5.41) is 25.3. The number of aromatic amines is 1. The van der Waals surface area contributed by atoms with E-state index in [0.717, 1.165) is 16.5 Å². The maximum Gasteiger partial charge on any atom is 0.326 e. The smallest absolute Gasteiger partial charge is 0.326 e. The van der Waals surface area contributed by atoms with E-state index in [0.29, 0.717) is 0 Å². The van der Waals surface area contributed by atoms with Gasteiger partial charge >= 0.3 is 11.9 Å². The summed E-state index contributed by atoms with van der Waals surface area (Å²) in [6.07, 6.45) is 0.360. The first kappa shape index (κ1) is 27.8. The molecule has 4 unspecified atom stereocenters. The van der Waals surface area contributed by atoms with E-state index < -0.39 is 72.6 Å². The topological polar surface area (TPSA) is 247 Å². The number of fused-ring (bicyclic) bond motifs is 1. The second-order valence-electron chi connectivity index (χ2n) is 8.13. The van der Waals surface area contributed by atoms with Crippen molar-refractivity contribution >= 4 is 46.5 Å². The Hall–Kier alpha value is -4.46. The first-order valence-electron chi connectivity index (χ1n) is 10.8. The summed E-state index contributed by atoms with van der Waals surface area (Å²) in [7, 11) is 0. The summed E-state index contributed by atoms with van der Waals surface area (Å²) in [5.41, 5.74) is 12.8. The van der Waals surface area contributed by atoms with E-state index in [1.807, 2.05) is 29.6 Å². The summed E-state index contributed by atoms with van der Waals surface area (Å²) in [5.74, 6) is -6.62. The molecule has 36 heavy (non-hydrogen) atoms. The maximum absolute atomic E-state index is 12.7. The molecule has 0 spiro atoms. The third-order valence-corrected chi connectivity index (χ3v) is 5.24. The monoisotopic (exact) mass is 504 g/mol. The third kappa shape index (κ3) is 7.80. The van der Waals surface area contributed by atoms with Crippen molar-refractivity contribution < 1.29 is 39.0 Å². The molecule has 1 heterocycles. The normalized spacial score (nSPS) is 14.2. The number of carboxylic acids is 2. The highest BCUT2D eigenvalue weighted by Crippen LogP contribution is 2.18. The van der Waals surface area contributed by atoms with Crippen molar-refractivity contribution in [3.63, 3.8) is 0 Å². The molecule has 4 amide bonds. The number of aliphatic carboxylic acids is 2. The Morgan fingerprint density at radius 1 is 0.917 bits per heavy atom. The number of para-hydroxylation sites is 1. The summed E-state index contributed by atoms with van der Waals surface area (Å²) in [4.78, 5) is 74.0. The van der Waals surface area contributed by atoms with Crippen molar-refractivity contribution in [3.8, 4) is 0 Å². The average molecular weight is 505 g/mol. The minimum atomic E-state index is -1.72. The molecule has 0 bridgehead atoms. The number of primary amides is 1. The van der Waals surface area contributed by atoms with Crippen molar-refractivity contribution in [2.75, 3.05) is 0 Å². The highest BCUT2D eigenvalue weighted by Gasteiger charge is 2.30. The van der Waals surface area contributed by atoms with E-state index in [4.69, 9.17) is 21.7 Å². The van der Waals surface area contributed by atoms with Crippen LogP contribution in [0.4, 0.5) is 0 Å². The molecule has 10 N–H and O–H groups in total. The molecule has 0 aliphatic carbocycles. The lowest BCUT2D eigenvalue weighted by atomic mass is 10.0. The number of H-pyrrole nitrogens is 1. The standard InChI is InChI=1S/C22H28N6O8/c1-10(19(32)28-16(22(35)36)8-18(30)31)26-21(34)15(7-17(24)29)27-20(33)13(23)6-11-9-25-14-5-3-2-4-12(11)14/h2-5,9-10,13,15-16,25H,6-8,23H2,1H3,(H2,24,29)(H,26,34)(H,27,33)(H,28,32)(H,30,31)(H,35,36). The fraction of sp³-hybridized carbons (Fsp3) is 0.364. The average Bonchev–Trinajstić information content (AvgIpc) is 3.20.